The first-order valence-corrected chi connectivity index (χ1v) is 7.07. The second kappa shape index (κ2) is 5.89. The number of carbonyl (C=O) groups is 1. The van der Waals surface area contributed by atoms with E-state index in [1.54, 1.807) is 7.11 Å². The average molecular weight is 265 g/mol. The smallest absolute Gasteiger partial charge is 0.225 e. The van der Waals surface area contributed by atoms with Gasteiger partial charge in [0.05, 0.1) is 24.1 Å². The van der Waals surface area contributed by atoms with Crippen LogP contribution in [0.1, 0.15) is 32.6 Å². The molecule has 0 aromatic carbocycles. The van der Waals surface area contributed by atoms with Crippen molar-refractivity contribution >= 4 is 5.91 Å². The lowest BCUT2D eigenvalue weighted by atomic mass is 9.77. The minimum absolute atomic E-state index is 0.0609. The molecule has 2 fully saturated rings. The van der Waals surface area contributed by atoms with Crippen molar-refractivity contribution in [3.63, 3.8) is 0 Å². The van der Waals surface area contributed by atoms with E-state index in [1.807, 2.05) is 11.8 Å². The van der Waals surface area contributed by atoms with Crippen molar-refractivity contribution in [1.82, 2.24) is 9.80 Å². The molecule has 106 valence electrons. The maximum Gasteiger partial charge on any atom is 0.225 e. The fourth-order valence-electron chi connectivity index (χ4n) is 2.85. The average Bonchev–Trinajstić information content (AvgIpc) is 2.42. The van der Waals surface area contributed by atoms with Gasteiger partial charge in [-0.1, -0.05) is 0 Å². The number of amides is 1. The fourth-order valence-corrected chi connectivity index (χ4v) is 2.85. The Balaban J connectivity index is 1.81. The molecule has 1 amide bonds. The number of piperazine rings is 1. The van der Waals surface area contributed by atoms with Crippen molar-refractivity contribution in [3.8, 4) is 6.07 Å². The molecule has 2 rings (SSSR count). The molecule has 5 nitrogen and oxygen atoms in total. The summed E-state index contributed by atoms with van der Waals surface area (Å²) < 4.78 is 5.51. The van der Waals surface area contributed by atoms with E-state index in [9.17, 15) is 4.79 Å². The summed E-state index contributed by atoms with van der Waals surface area (Å²) in [6, 6.07) is 2.19. The maximum atomic E-state index is 12.3. The van der Waals surface area contributed by atoms with E-state index in [0.29, 0.717) is 6.42 Å². The van der Waals surface area contributed by atoms with Gasteiger partial charge >= 0.3 is 0 Å². The molecule has 1 saturated heterocycles. The summed E-state index contributed by atoms with van der Waals surface area (Å²) in [6.07, 6.45) is 3.67. The van der Waals surface area contributed by atoms with Crippen LogP contribution in [0.15, 0.2) is 0 Å². The van der Waals surface area contributed by atoms with Gasteiger partial charge in [-0.05, 0) is 26.2 Å². The van der Waals surface area contributed by atoms with Gasteiger partial charge in [0, 0.05) is 33.3 Å². The first-order valence-electron chi connectivity index (χ1n) is 7.07. The van der Waals surface area contributed by atoms with Crippen LogP contribution >= 0.6 is 0 Å². The number of methoxy groups -OCH3 is 1. The molecule has 1 heterocycles. The van der Waals surface area contributed by atoms with Gasteiger partial charge in [-0.25, -0.2) is 0 Å². The van der Waals surface area contributed by atoms with E-state index < -0.39 is 0 Å². The number of ether oxygens (including phenoxy) is 1. The Morgan fingerprint density at radius 2 is 2.00 bits per heavy atom. The number of hydrogen-bond acceptors (Lipinski definition) is 4. The molecular formula is C14H23N3O2. The molecule has 1 unspecified atom stereocenters. The largest absolute Gasteiger partial charge is 0.378 e. The summed E-state index contributed by atoms with van der Waals surface area (Å²) in [6.45, 7) is 4.95. The highest BCUT2D eigenvalue weighted by Crippen LogP contribution is 2.38. The van der Waals surface area contributed by atoms with Crippen LogP contribution in [0.5, 0.6) is 0 Å². The standard InChI is InChI=1S/C14H23N3O2/c1-12(11-15)16-6-8-17(9-7-16)13(18)10-14(19-2)4-3-5-14/h12H,3-10H2,1-2H3. The van der Waals surface area contributed by atoms with Gasteiger partial charge in [0.15, 0.2) is 0 Å². The zero-order valence-electron chi connectivity index (χ0n) is 11.9. The Morgan fingerprint density at radius 1 is 1.37 bits per heavy atom. The van der Waals surface area contributed by atoms with E-state index in [4.69, 9.17) is 10.00 Å². The number of hydrogen-bond donors (Lipinski definition) is 0. The molecule has 19 heavy (non-hydrogen) atoms. The number of carbonyl (C=O) groups excluding carboxylic acids is 1. The molecule has 0 radical (unpaired) electrons. The molecule has 2 aliphatic rings. The van der Waals surface area contributed by atoms with Crippen molar-refractivity contribution in [1.29, 1.82) is 5.26 Å². The number of nitriles is 1. The lowest BCUT2D eigenvalue weighted by molar-refractivity contribution is -0.145. The topological polar surface area (TPSA) is 56.6 Å². The first-order chi connectivity index (χ1) is 9.10. The van der Waals surface area contributed by atoms with Crippen LogP contribution in [0, 0.1) is 11.3 Å². The van der Waals surface area contributed by atoms with E-state index >= 15 is 0 Å². The van der Waals surface area contributed by atoms with Crippen molar-refractivity contribution in [3.05, 3.63) is 0 Å². The summed E-state index contributed by atoms with van der Waals surface area (Å²) in [5.41, 5.74) is -0.186. The van der Waals surface area contributed by atoms with Gasteiger partial charge in [0.2, 0.25) is 5.91 Å². The predicted octanol–water partition coefficient (Wildman–Crippen LogP) is 1.00. The maximum absolute atomic E-state index is 12.3. The molecule has 0 N–H and O–H groups in total. The van der Waals surface area contributed by atoms with E-state index in [-0.39, 0.29) is 17.6 Å². The molecule has 1 aliphatic carbocycles. The molecule has 0 spiro atoms. The lowest BCUT2D eigenvalue weighted by Gasteiger charge is -2.42. The Labute approximate surface area is 115 Å². The number of nitrogens with zero attached hydrogens (tertiary/aromatic N) is 3. The van der Waals surface area contributed by atoms with Crippen LogP contribution in [0.25, 0.3) is 0 Å². The highest BCUT2D eigenvalue weighted by Gasteiger charge is 2.40. The summed E-state index contributed by atoms with van der Waals surface area (Å²) in [5, 5.41) is 8.90. The minimum Gasteiger partial charge on any atom is -0.378 e. The SMILES string of the molecule is COC1(CC(=O)N2CCN(C(C)C#N)CC2)CCC1. The van der Waals surface area contributed by atoms with Crippen molar-refractivity contribution in [2.24, 2.45) is 0 Å². The van der Waals surface area contributed by atoms with Crippen molar-refractivity contribution in [2.75, 3.05) is 33.3 Å². The van der Waals surface area contributed by atoms with Crippen LogP contribution in [-0.2, 0) is 9.53 Å². The van der Waals surface area contributed by atoms with Gasteiger partial charge < -0.3 is 9.64 Å². The van der Waals surface area contributed by atoms with E-state index in [1.165, 1.54) is 0 Å². The highest BCUT2D eigenvalue weighted by atomic mass is 16.5. The summed E-state index contributed by atoms with van der Waals surface area (Å²) in [4.78, 5) is 16.3. The first kappa shape index (κ1) is 14.3. The second-order valence-corrected chi connectivity index (χ2v) is 5.64. The van der Waals surface area contributed by atoms with Gasteiger partial charge in [0.1, 0.15) is 0 Å². The Morgan fingerprint density at radius 3 is 2.42 bits per heavy atom. The lowest BCUT2D eigenvalue weighted by Crippen LogP contribution is -2.53. The fraction of sp³-hybridized carbons (Fsp3) is 0.857. The van der Waals surface area contributed by atoms with Crippen molar-refractivity contribution < 1.29 is 9.53 Å². The van der Waals surface area contributed by atoms with Crippen LogP contribution in [0.2, 0.25) is 0 Å². The zero-order chi connectivity index (χ0) is 13.9. The Kier molecular flexibility index (Phi) is 4.43. The Hall–Kier alpha value is -1.12. The molecule has 0 aromatic heterocycles. The van der Waals surface area contributed by atoms with Crippen LogP contribution in [0.4, 0.5) is 0 Å². The third kappa shape index (κ3) is 3.07. The summed E-state index contributed by atoms with van der Waals surface area (Å²) in [5.74, 6) is 0.200. The van der Waals surface area contributed by atoms with Gasteiger partial charge in [0.25, 0.3) is 0 Å². The summed E-state index contributed by atoms with van der Waals surface area (Å²) >= 11 is 0. The monoisotopic (exact) mass is 265 g/mol. The van der Waals surface area contributed by atoms with Gasteiger partial charge in [-0.15, -0.1) is 0 Å². The zero-order valence-corrected chi connectivity index (χ0v) is 11.9. The van der Waals surface area contributed by atoms with E-state index in [0.717, 1.165) is 45.4 Å². The quantitative estimate of drug-likeness (QED) is 0.761. The Bertz CT molecular complexity index is 360. The molecular weight excluding hydrogens is 242 g/mol. The van der Waals surface area contributed by atoms with Crippen molar-refractivity contribution in [2.45, 2.75) is 44.2 Å². The summed E-state index contributed by atoms with van der Waals surface area (Å²) in [7, 11) is 1.71. The molecule has 1 saturated carbocycles. The minimum atomic E-state index is -0.186. The third-order valence-electron chi connectivity index (χ3n) is 4.57. The molecule has 1 aliphatic heterocycles. The molecule has 0 bridgehead atoms. The number of rotatable bonds is 4. The highest BCUT2D eigenvalue weighted by molar-refractivity contribution is 5.77. The second-order valence-electron chi connectivity index (χ2n) is 5.64. The van der Waals surface area contributed by atoms with E-state index in [2.05, 4.69) is 11.0 Å². The van der Waals surface area contributed by atoms with Gasteiger partial charge in [-0.3, -0.25) is 9.69 Å². The van der Waals surface area contributed by atoms with Crippen LogP contribution in [-0.4, -0.2) is 60.6 Å². The van der Waals surface area contributed by atoms with Gasteiger partial charge in [-0.2, -0.15) is 5.26 Å². The van der Waals surface area contributed by atoms with Crippen LogP contribution in [0.3, 0.4) is 0 Å². The molecule has 1 atom stereocenters. The predicted molar refractivity (Wildman–Crippen MR) is 71.4 cm³/mol. The molecule has 5 heteroatoms. The third-order valence-corrected chi connectivity index (χ3v) is 4.57. The van der Waals surface area contributed by atoms with Crippen LogP contribution < -0.4 is 0 Å². The normalized spacial score (nSPS) is 24.4. The molecule has 0 aromatic rings.